The van der Waals surface area contributed by atoms with Crippen LogP contribution in [0, 0.1) is 12.8 Å². The lowest BCUT2D eigenvalue weighted by molar-refractivity contribution is -0.00980. The van der Waals surface area contributed by atoms with Gasteiger partial charge in [0, 0.05) is 13.5 Å². The van der Waals surface area contributed by atoms with Crippen molar-refractivity contribution in [3.8, 4) is 0 Å². The number of aromatic nitrogens is 2. The molecule has 0 fully saturated rings. The van der Waals surface area contributed by atoms with Crippen molar-refractivity contribution in [1.29, 1.82) is 0 Å². The van der Waals surface area contributed by atoms with Crippen LogP contribution in [-0.4, -0.2) is 20.5 Å². The van der Waals surface area contributed by atoms with Crippen LogP contribution in [0.2, 0.25) is 5.02 Å². The predicted octanol–water partition coefficient (Wildman–Crippen LogP) is 2.72. The van der Waals surface area contributed by atoms with E-state index < -0.39 is 5.60 Å². The van der Waals surface area contributed by atoms with Crippen LogP contribution in [0.1, 0.15) is 38.6 Å². The Hall–Kier alpha value is -0.540. The van der Waals surface area contributed by atoms with Crippen LogP contribution in [0.25, 0.3) is 0 Å². The van der Waals surface area contributed by atoms with Gasteiger partial charge in [0.2, 0.25) is 0 Å². The number of hydrogen-bond donors (Lipinski definition) is 1. The molecule has 3 nitrogen and oxygen atoms in total. The first kappa shape index (κ1) is 13.5. The van der Waals surface area contributed by atoms with Gasteiger partial charge in [0.15, 0.2) is 0 Å². The number of halogens is 1. The Labute approximate surface area is 102 Å². The highest BCUT2D eigenvalue weighted by molar-refractivity contribution is 6.31. The molecular weight excluding hydrogens is 224 g/mol. The number of aryl methyl sites for hydroxylation is 2. The fourth-order valence-corrected chi connectivity index (χ4v) is 2.13. The maximum absolute atomic E-state index is 10.5. The molecule has 0 amide bonds. The Morgan fingerprint density at radius 3 is 2.38 bits per heavy atom. The van der Waals surface area contributed by atoms with Gasteiger partial charge in [-0.15, -0.1) is 0 Å². The third-order valence-electron chi connectivity index (χ3n) is 3.42. The molecule has 0 aliphatic rings. The van der Waals surface area contributed by atoms with Gasteiger partial charge in [0.05, 0.1) is 22.0 Å². The molecule has 1 unspecified atom stereocenters. The minimum absolute atomic E-state index is 0.198. The second-order valence-electron chi connectivity index (χ2n) is 4.76. The monoisotopic (exact) mass is 244 g/mol. The second kappa shape index (κ2) is 4.76. The molecule has 0 radical (unpaired) electrons. The molecule has 92 valence electrons. The Kier molecular flexibility index (Phi) is 4.02. The van der Waals surface area contributed by atoms with Crippen molar-refractivity contribution < 1.29 is 5.11 Å². The zero-order valence-corrected chi connectivity index (χ0v) is 11.5. The standard InChI is InChI=1S/C12H21ClN2O/c1-6-12(16,8(2)3)7-10-11(13)9(4)14-15(10)5/h8,16H,6-7H2,1-5H3. The van der Waals surface area contributed by atoms with Crippen molar-refractivity contribution in [2.24, 2.45) is 13.0 Å². The molecule has 1 aromatic heterocycles. The molecule has 16 heavy (non-hydrogen) atoms. The zero-order chi connectivity index (χ0) is 12.5. The normalized spacial score (nSPS) is 15.5. The van der Waals surface area contributed by atoms with E-state index in [9.17, 15) is 5.11 Å². The van der Waals surface area contributed by atoms with E-state index in [0.29, 0.717) is 17.9 Å². The van der Waals surface area contributed by atoms with Gasteiger partial charge in [-0.3, -0.25) is 4.68 Å². The van der Waals surface area contributed by atoms with Crippen molar-refractivity contribution in [3.05, 3.63) is 16.4 Å². The maximum Gasteiger partial charge on any atom is 0.0848 e. The van der Waals surface area contributed by atoms with E-state index >= 15 is 0 Å². The SMILES string of the molecule is CCC(O)(Cc1c(Cl)c(C)nn1C)C(C)C. The maximum atomic E-state index is 10.5. The van der Waals surface area contributed by atoms with Gasteiger partial charge in [0.1, 0.15) is 0 Å². The first-order valence-corrected chi connectivity index (χ1v) is 6.10. The lowest BCUT2D eigenvalue weighted by atomic mass is 9.83. The van der Waals surface area contributed by atoms with Crippen molar-refractivity contribution in [1.82, 2.24) is 9.78 Å². The number of rotatable bonds is 4. The Morgan fingerprint density at radius 1 is 1.50 bits per heavy atom. The number of nitrogens with zero attached hydrogens (tertiary/aromatic N) is 2. The predicted molar refractivity (Wildman–Crippen MR) is 66.7 cm³/mol. The van der Waals surface area contributed by atoms with E-state index in [4.69, 9.17) is 11.6 Å². The lowest BCUT2D eigenvalue weighted by Crippen LogP contribution is -2.37. The number of hydrogen-bond acceptors (Lipinski definition) is 2. The molecule has 0 aromatic carbocycles. The van der Waals surface area contributed by atoms with Gasteiger partial charge in [-0.05, 0) is 19.3 Å². The van der Waals surface area contributed by atoms with Crippen LogP contribution < -0.4 is 0 Å². The van der Waals surface area contributed by atoms with Crippen LogP contribution in [0.3, 0.4) is 0 Å². The Morgan fingerprint density at radius 2 is 2.06 bits per heavy atom. The smallest absolute Gasteiger partial charge is 0.0848 e. The van der Waals surface area contributed by atoms with Crippen LogP contribution in [0.4, 0.5) is 0 Å². The van der Waals surface area contributed by atoms with E-state index in [-0.39, 0.29) is 5.92 Å². The summed E-state index contributed by atoms with van der Waals surface area (Å²) in [7, 11) is 1.87. The molecule has 0 saturated heterocycles. The van der Waals surface area contributed by atoms with E-state index in [2.05, 4.69) is 5.10 Å². The van der Waals surface area contributed by atoms with Gasteiger partial charge in [-0.2, -0.15) is 5.10 Å². The fraction of sp³-hybridized carbons (Fsp3) is 0.750. The second-order valence-corrected chi connectivity index (χ2v) is 5.14. The summed E-state index contributed by atoms with van der Waals surface area (Å²) in [4.78, 5) is 0. The van der Waals surface area contributed by atoms with E-state index in [0.717, 1.165) is 11.4 Å². The third-order valence-corrected chi connectivity index (χ3v) is 3.91. The summed E-state index contributed by atoms with van der Waals surface area (Å²) in [5.74, 6) is 0.198. The fourth-order valence-electron chi connectivity index (χ4n) is 1.90. The Balaban J connectivity index is 3.03. The van der Waals surface area contributed by atoms with Crippen LogP contribution in [-0.2, 0) is 13.5 Å². The van der Waals surface area contributed by atoms with E-state index in [1.807, 2.05) is 34.7 Å². The highest BCUT2D eigenvalue weighted by Crippen LogP contribution is 2.29. The molecule has 0 aliphatic heterocycles. The molecule has 1 heterocycles. The van der Waals surface area contributed by atoms with Gasteiger partial charge in [0.25, 0.3) is 0 Å². The molecule has 0 bridgehead atoms. The summed E-state index contributed by atoms with van der Waals surface area (Å²) < 4.78 is 1.76. The minimum Gasteiger partial charge on any atom is -0.389 e. The first-order valence-electron chi connectivity index (χ1n) is 5.72. The molecule has 1 aromatic rings. The minimum atomic E-state index is -0.704. The molecule has 0 saturated carbocycles. The van der Waals surface area contributed by atoms with E-state index in [1.54, 1.807) is 4.68 Å². The Bertz CT molecular complexity index is 373. The summed E-state index contributed by atoms with van der Waals surface area (Å²) in [6, 6.07) is 0. The quantitative estimate of drug-likeness (QED) is 0.885. The summed E-state index contributed by atoms with van der Waals surface area (Å²) in [6.45, 7) is 7.94. The molecule has 0 aliphatic carbocycles. The summed E-state index contributed by atoms with van der Waals surface area (Å²) in [6.07, 6.45) is 1.27. The van der Waals surface area contributed by atoms with Gasteiger partial charge >= 0.3 is 0 Å². The topological polar surface area (TPSA) is 38.1 Å². The van der Waals surface area contributed by atoms with Crippen LogP contribution in [0.15, 0.2) is 0 Å². The van der Waals surface area contributed by atoms with Gasteiger partial charge < -0.3 is 5.11 Å². The molecule has 0 spiro atoms. The van der Waals surface area contributed by atoms with Crippen molar-refractivity contribution in [2.45, 2.75) is 46.1 Å². The largest absolute Gasteiger partial charge is 0.389 e. The highest BCUT2D eigenvalue weighted by atomic mass is 35.5. The third kappa shape index (κ3) is 2.41. The van der Waals surface area contributed by atoms with Crippen LogP contribution in [0.5, 0.6) is 0 Å². The van der Waals surface area contributed by atoms with Crippen molar-refractivity contribution in [2.75, 3.05) is 0 Å². The van der Waals surface area contributed by atoms with Gasteiger partial charge in [-0.1, -0.05) is 32.4 Å². The average Bonchev–Trinajstić information content (AvgIpc) is 2.44. The van der Waals surface area contributed by atoms with Gasteiger partial charge in [-0.25, -0.2) is 0 Å². The average molecular weight is 245 g/mol. The molecule has 1 N–H and O–H groups in total. The summed E-state index contributed by atoms with van der Waals surface area (Å²) >= 11 is 6.19. The number of aliphatic hydroxyl groups is 1. The lowest BCUT2D eigenvalue weighted by Gasteiger charge is -2.31. The van der Waals surface area contributed by atoms with Crippen LogP contribution >= 0.6 is 11.6 Å². The molecule has 4 heteroatoms. The molecule has 1 rings (SSSR count). The first-order chi connectivity index (χ1) is 7.31. The van der Waals surface area contributed by atoms with E-state index in [1.165, 1.54) is 0 Å². The highest BCUT2D eigenvalue weighted by Gasteiger charge is 2.31. The molecular formula is C12H21ClN2O. The summed E-state index contributed by atoms with van der Waals surface area (Å²) in [5.41, 5.74) is 1.03. The summed E-state index contributed by atoms with van der Waals surface area (Å²) in [5, 5.41) is 15.4. The van der Waals surface area contributed by atoms with Crippen molar-refractivity contribution in [3.63, 3.8) is 0 Å². The zero-order valence-electron chi connectivity index (χ0n) is 10.7. The van der Waals surface area contributed by atoms with Crippen molar-refractivity contribution >= 4 is 11.6 Å². The molecule has 1 atom stereocenters.